The zero-order valence-corrected chi connectivity index (χ0v) is 13.3. The lowest BCUT2D eigenvalue weighted by atomic mass is 9.82. The van der Waals surface area contributed by atoms with Crippen LogP contribution in [0, 0.1) is 11.8 Å². The standard InChI is InChI=1S/C18H29NO/c1-13(2)17-10-16(20)11-18(14(3)4)19(17)12-15-8-6-5-7-9-15/h5-9,13-14,16-18,20H,10-12H2,1-4H3. The fourth-order valence-corrected chi connectivity index (χ4v) is 3.51. The molecule has 1 aliphatic rings. The van der Waals surface area contributed by atoms with Crippen LogP contribution < -0.4 is 0 Å². The summed E-state index contributed by atoms with van der Waals surface area (Å²) in [5, 5.41) is 10.2. The summed E-state index contributed by atoms with van der Waals surface area (Å²) in [6.07, 6.45) is 1.68. The second-order valence-corrected chi connectivity index (χ2v) is 6.91. The summed E-state index contributed by atoms with van der Waals surface area (Å²) in [4.78, 5) is 2.64. The molecule has 20 heavy (non-hydrogen) atoms. The molecule has 0 saturated carbocycles. The zero-order valence-electron chi connectivity index (χ0n) is 13.3. The van der Waals surface area contributed by atoms with Gasteiger partial charge < -0.3 is 5.11 Å². The highest BCUT2D eigenvalue weighted by atomic mass is 16.3. The Balaban J connectivity index is 2.21. The van der Waals surface area contributed by atoms with Crippen molar-refractivity contribution >= 4 is 0 Å². The summed E-state index contributed by atoms with van der Waals surface area (Å²) in [7, 11) is 0. The van der Waals surface area contributed by atoms with Gasteiger partial charge in [0, 0.05) is 18.6 Å². The number of hydrogen-bond acceptors (Lipinski definition) is 2. The van der Waals surface area contributed by atoms with E-state index in [0.29, 0.717) is 23.9 Å². The van der Waals surface area contributed by atoms with E-state index < -0.39 is 0 Å². The molecule has 1 aromatic rings. The molecule has 0 bridgehead atoms. The molecule has 0 spiro atoms. The van der Waals surface area contributed by atoms with Gasteiger partial charge in [0.15, 0.2) is 0 Å². The van der Waals surface area contributed by atoms with Crippen molar-refractivity contribution in [3.63, 3.8) is 0 Å². The Morgan fingerprint density at radius 3 is 1.95 bits per heavy atom. The molecule has 0 aliphatic carbocycles. The number of hydrogen-bond donors (Lipinski definition) is 1. The van der Waals surface area contributed by atoms with Gasteiger partial charge in [-0.15, -0.1) is 0 Å². The first-order valence-electron chi connectivity index (χ1n) is 7.96. The maximum absolute atomic E-state index is 10.2. The van der Waals surface area contributed by atoms with Gasteiger partial charge >= 0.3 is 0 Å². The molecule has 0 radical (unpaired) electrons. The molecule has 0 aromatic heterocycles. The average Bonchev–Trinajstić information content (AvgIpc) is 2.41. The van der Waals surface area contributed by atoms with E-state index in [2.05, 4.69) is 62.9 Å². The van der Waals surface area contributed by atoms with Crippen LogP contribution in [0.1, 0.15) is 46.1 Å². The lowest BCUT2D eigenvalue weighted by molar-refractivity contribution is -0.0367. The quantitative estimate of drug-likeness (QED) is 0.906. The molecular weight excluding hydrogens is 246 g/mol. The summed E-state index contributed by atoms with van der Waals surface area (Å²) >= 11 is 0. The highest BCUT2D eigenvalue weighted by molar-refractivity contribution is 5.15. The van der Waals surface area contributed by atoms with Crippen LogP contribution >= 0.6 is 0 Å². The van der Waals surface area contributed by atoms with E-state index in [1.165, 1.54) is 5.56 Å². The third-order valence-corrected chi connectivity index (χ3v) is 4.63. The summed E-state index contributed by atoms with van der Waals surface area (Å²) < 4.78 is 0. The van der Waals surface area contributed by atoms with Gasteiger partial charge in [-0.25, -0.2) is 0 Å². The Morgan fingerprint density at radius 2 is 1.50 bits per heavy atom. The molecule has 2 heteroatoms. The maximum Gasteiger partial charge on any atom is 0.0570 e. The van der Waals surface area contributed by atoms with Gasteiger partial charge in [0.25, 0.3) is 0 Å². The molecule has 1 N–H and O–H groups in total. The second kappa shape index (κ2) is 6.73. The van der Waals surface area contributed by atoms with Crippen LogP contribution in [-0.2, 0) is 6.54 Å². The molecule has 1 aliphatic heterocycles. The molecule has 0 amide bonds. The highest BCUT2D eigenvalue weighted by Crippen LogP contribution is 2.32. The predicted octanol–water partition coefficient (Wildman–Crippen LogP) is 3.69. The van der Waals surface area contributed by atoms with Crippen LogP contribution in [0.3, 0.4) is 0 Å². The van der Waals surface area contributed by atoms with Crippen molar-refractivity contribution in [2.45, 2.75) is 65.3 Å². The van der Waals surface area contributed by atoms with E-state index in [1.807, 2.05) is 0 Å². The van der Waals surface area contributed by atoms with Crippen LogP contribution in [-0.4, -0.2) is 28.2 Å². The van der Waals surface area contributed by atoms with Crippen molar-refractivity contribution in [3.8, 4) is 0 Å². The lowest BCUT2D eigenvalue weighted by Gasteiger charge is -2.47. The fourth-order valence-electron chi connectivity index (χ4n) is 3.51. The number of aliphatic hydroxyl groups is 1. The summed E-state index contributed by atoms with van der Waals surface area (Å²) in [5.74, 6) is 1.16. The Hall–Kier alpha value is -0.860. The molecule has 2 rings (SSSR count). The molecule has 1 heterocycles. The normalized spacial score (nSPS) is 28.2. The largest absolute Gasteiger partial charge is 0.393 e. The van der Waals surface area contributed by atoms with E-state index in [9.17, 15) is 5.11 Å². The molecular formula is C18H29NO. The van der Waals surface area contributed by atoms with Gasteiger partial charge in [0.05, 0.1) is 6.10 Å². The first kappa shape index (κ1) is 15.5. The zero-order chi connectivity index (χ0) is 14.7. The van der Waals surface area contributed by atoms with E-state index >= 15 is 0 Å². The number of nitrogens with zero attached hydrogens (tertiary/aromatic N) is 1. The Labute approximate surface area is 123 Å². The molecule has 2 unspecified atom stereocenters. The van der Waals surface area contributed by atoms with Gasteiger partial charge in [-0.1, -0.05) is 58.0 Å². The predicted molar refractivity (Wildman–Crippen MR) is 84.5 cm³/mol. The van der Waals surface area contributed by atoms with E-state index in [1.54, 1.807) is 0 Å². The number of likely N-dealkylation sites (tertiary alicyclic amines) is 1. The average molecular weight is 275 g/mol. The summed E-state index contributed by atoms with van der Waals surface area (Å²) in [6, 6.07) is 11.7. The first-order valence-corrected chi connectivity index (χ1v) is 7.96. The van der Waals surface area contributed by atoms with Crippen LogP contribution in [0.15, 0.2) is 30.3 Å². The van der Waals surface area contributed by atoms with E-state index in [-0.39, 0.29) is 6.10 Å². The molecule has 2 atom stereocenters. The Morgan fingerprint density at radius 1 is 1.00 bits per heavy atom. The first-order chi connectivity index (χ1) is 9.49. The number of piperidine rings is 1. The monoisotopic (exact) mass is 275 g/mol. The van der Waals surface area contributed by atoms with Gasteiger partial charge in [-0.2, -0.15) is 0 Å². The molecule has 1 saturated heterocycles. The highest BCUT2D eigenvalue weighted by Gasteiger charge is 2.37. The fraction of sp³-hybridized carbons (Fsp3) is 0.667. The Kier molecular flexibility index (Phi) is 5.22. The van der Waals surface area contributed by atoms with Crippen LogP contribution in [0.2, 0.25) is 0 Å². The molecule has 1 fully saturated rings. The number of benzene rings is 1. The van der Waals surface area contributed by atoms with Crippen LogP contribution in [0.5, 0.6) is 0 Å². The SMILES string of the molecule is CC(C)C1CC(O)CC(C(C)C)N1Cc1ccccc1. The van der Waals surface area contributed by atoms with E-state index in [0.717, 1.165) is 19.4 Å². The van der Waals surface area contributed by atoms with Crippen molar-refractivity contribution in [2.75, 3.05) is 0 Å². The van der Waals surface area contributed by atoms with Gasteiger partial charge in [0.1, 0.15) is 0 Å². The topological polar surface area (TPSA) is 23.5 Å². The minimum atomic E-state index is -0.137. The van der Waals surface area contributed by atoms with Crippen molar-refractivity contribution < 1.29 is 5.11 Å². The third-order valence-electron chi connectivity index (χ3n) is 4.63. The Bertz CT molecular complexity index is 383. The minimum absolute atomic E-state index is 0.137. The summed E-state index contributed by atoms with van der Waals surface area (Å²) in [6.45, 7) is 10.1. The smallest absolute Gasteiger partial charge is 0.0570 e. The van der Waals surface area contributed by atoms with Gasteiger partial charge in [0.2, 0.25) is 0 Å². The lowest BCUT2D eigenvalue weighted by Crippen LogP contribution is -2.54. The van der Waals surface area contributed by atoms with Crippen molar-refractivity contribution in [1.82, 2.24) is 4.90 Å². The maximum atomic E-state index is 10.2. The summed E-state index contributed by atoms with van der Waals surface area (Å²) in [5.41, 5.74) is 1.38. The molecule has 1 aromatic carbocycles. The second-order valence-electron chi connectivity index (χ2n) is 6.91. The van der Waals surface area contributed by atoms with E-state index in [4.69, 9.17) is 0 Å². The third kappa shape index (κ3) is 3.62. The minimum Gasteiger partial charge on any atom is -0.393 e. The van der Waals surface area contributed by atoms with Crippen molar-refractivity contribution in [1.29, 1.82) is 0 Å². The number of rotatable bonds is 4. The molecule has 2 nitrogen and oxygen atoms in total. The molecule has 112 valence electrons. The number of aliphatic hydroxyl groups excluding tert-OH is 1. The van der Waals surface area contributed by atoms with Gasteiger partial charge in [-0.3, -0.25) is 4.90 Å². The van der Waals surface area contributed by atoms with Crippen molar-refractivity contribution in [2.24, 2.45) is 11.8 Å². The van der Waals surface area contributed by atoms with Crippen LogP contribution in [0.4, 0.5) is 0 Å². The van der Waals surface area contributed by atoms with Crippen molar-refractivity contribution in [3.05, 3.63) is 35.9 Å². The van der Waals surface area contributed by atoms with Gasteiger partial charge in [-0.05, 0) is 30.2 Å². The van der Waals surface area contributed by atoms with Crippen LogP contribution in [0.25, 0.3) is 0 Å².